The van der Waals surface area contributed by atoms with E-state index in [9.17, 15) is 9.59 Å². The lowest BCUT2D eigenvalue weighted by atomic mass is 9.99. The summed E-state index contributed by atoms with van der Waals surface area (Å²) in [5.41, 5.74) is 3.37. The molecule has 5 heterocycles. The number of fused-ring (bicyclic) bond motifs is 5. The summed E-state index contributed by atoms with van der Waals surface area (Å²) in [7, 11) is 1.89. The molecule has 1 aromatic carbocycles. The molecule has 2 N–H and O–H groups in total. The van der Waals surface area contributed by atoms with Crippen molar-refractivity contribution in [2.45, 2.75) is 31.3 Å². The number of nitrogens with one attached hydrogen (secondary N) is 2. The first-order valence-corrected chi connectivity index (χ1v) is 11.4. The largest absolute Gasteiger partial charge is 0.336 e. The highest BCUT2D eigenvalue weighted by Gasteiger charge is 2.44. The van der Waals surface area contributed by atoms with Gasteiger partial charge in [-0.15, -0.1) is 0 Å². The van der Waals surface area contributed by atoms with Crippen LogP contribution in [0.15, 0.2) is 47.5 Å². The Kier molecular flexibility index (Phi) is 4.70. The number of rotatable bonds is 2. The summed E-state index contributed by atoms with van der Waals surface area (Å²) < 4.78 is 17.1. The van der Waals surface area contributed by atoms with Gasteiger partial charge in [-0.25, -0.2) is 19.3 Å². The molecule has 1 saturated heterocycles. The fourth-order valence-electron chi connectivity index (χ4n) is 5.24. The number of aryl methyl sites for hydroxylation is 1. The molecule has 10 heteroatoms. The van der Waals surface area contributed by atoms with Crippen LogP contribution in [0.5, 0.6) is 0 Å². The molecule has 8 nitrogen and oxygen atoms in total. The Balaban J connectivity index is 1.31. The molecule has 6 rings (SSSR count). The molecule has 0 aliphatic carbocycles. The van der Waals surface area contributed by atoms with Crippen LogP contribution < -0.4 is 10.9 Å². The first kappa shape index (κ1) is 20.9. The maximum atomic E-state index is 15.2. The number of carbonyl (C=O) groups is 1. The molecule has 4 aromatic rings. The first-order valence-electron chi connectivity index (χ1n) is 11.0. The van der Waals surface area contributed by atoms with Crippen molar-refractivity contribution in [3.8, 4) is 11.1 Å². The molecule has 34 heavy (non-hydrogen) atoms. The van der Waals surface area contributed by atoms with Crippen LogP contribution in [-0.2, 0) is 13.5 Å². The molecule has 0 spiro atoms. The van der Waals surface area contributed by atoms with Gasteiger partial charge in [0.05, 0.1) is 22.4 Å². The average molecular weight is 479 g/mol. The van der Waals surface area contributed by atoms with E-state index in [0.29, 0.717) is 22.7 Å². The number of halogens is 2. The molecular formula is C24H20ClFN6O2. The van der Waals surface area contributed by atoms with Crippen LogP contribution in [0.2, 0.25) is 5.02 Å². The highest BCUT2D eigenvalue weighted by Crippen LogP contribution is 2.43. The second-order valence-corrected chi connectivity index (χ2v) is 9.17. The van der Waals surface area contributed by atoms with Crippen LogP contribution in [0.1, 0.15) is 30.1 Å². The van der Waals surface area contributed by atoms with Crippen molar-refractivity contribution < 1.29 is 9.18 Å². The van der Waals surface area contributed by atoms with Gasteiger partial charge in [-0.05, 0) is 54.7 Å². The predicted molar refractivity (Wildman–Crippen MR) is 126 cm³/mol. The zero-order valence-electron chi connectivity index (χ0n) is 18.2. The number of urea groups is 1. The summed E-state index contributed by atoms with van der Waals surface area (Å²) >= 11 is 6.56. The van der Waals surface area contributed by atoms with E-state index in [2.05, 4.69) is 20.5 Å². The van der Waals surface area contributed by atoms with Gasteiger partial charge in [0.15, 0.2) is 0 Å². The van der Waals surface area contributed by atoms with E-state index >= 15 is 4.39 Å². The molecule has 0 radical (unpaired) electrons. The Morgan fingerprint density at radius 2 is 2.09 bits per heavy atom. The quantitative estimate of drug-likeness (QED) is 0.446. The third-order valence-electron chi connectivity index (χ3n) is 6.79. The monoisotopic (exact) mass is 478 g/mol. The van der Waals surface area contributed by atoms with Crippen molar-refractivity contribution in [2.24, 2.45) is 7.05 Å². The lowest BCUT2D eigenvalue weighted by molar-refractivity contribution is 0.177. The fraction of sp³-hybridized carbons (Fsp3) is 0.250. The maximum absolute atomic E-state index is 15.2. The summed E-state index contributed by atoms with van der Waals surface area (Å²) in [5, 5.41) is 10.5. The zero-order chi connectivity index (χ0) is 23.6. The Labute approximate surface area is 198 Å². The molecule has 2 atom stereocenters. The van der Waals surface area contributed by atoms with E-state index in [4.69, 9.17) is 11.6 Å². The van der Waals surface area contributed by atoms with Crippen molar-refractivity contribution in [1.29, 1.82) is 0 Å². The number of aromatic nitrogens is 4. The van der Waals surface area contributed by atoms with Crippen molar-refractivity contribution in [3.05, 3.63) is 75.2 Å². The number of hydrogen-bond acceptors (Lipinski definition) is 4. The molecule has 0 saturated carbocycles. The van der Waals surface area contributed by atoms with Crippen LogP contribution in [0.25, 0.3) is 22.2 Å². The number of pyridine rings is 1. The van der Waals surface area contributed by atoms with Crippen LogP contribution in [-0.4, -0.2) is 36.7 Å². The number of amides is 2. The Morgan fingerprint density at radius 3 is 2.94 bits per heavy atom. The molecule has 2 aliphatic rings. The molecule has 2 amide bonds. The highest BCUT2D eigenvalue weighted by molar-refractivity contribution is 6.34. The topological polar surface area (TPSA) is 95.9 Å². The lowest BCUT2D eigenvalue weighted by Gasteiger charge is -2.35. The third-order valence-corrected chi connectivity index (χ3v) is 7.10. The van der Waals surface area contributed by atoms with Crippen molar-refractivity contribution >= 4 is 34.4 Å². The minimum atomic E-state index is -0.583. The normalized spacial score (nSPS) is 18.9. The summed E-state index contributed by atoms with van der Waals surface area (Å²) in [4.78, 5) is 30.9. The predicted octanol–water partition coefficient (Wildman–Crippen LogP) is 4.41. The van der Waals surface area contributed by atoms with Gasteiger partial charge in [-0.2, -0.15) is 5.10 Å². The fourth-order valence-corrected chi connectivity index (χ4v) is 5.51. The number of anilines is 1. The highest BCUT2D eigenvalue weighted by atomic mass is 35.5. The lowest BCUT2D eigenvalue weighted by Crippen LogP contribution is -2.45. The van der Waals surface area contributed by atoms with Crippen LogP contribution in [0.3, 0.4) is 0 Å². The Morgan fingerprint density at radius 1 is 1.24 bits per heavy atom. The van der Waals surface area contributed by atoms with Gasteiger partial charge < -0.3 is 14.8 Å². The van der Waals surface area contributed by atoms with Gasteiger partial charge in [0.25, 0.3) is 5.56 Å². The SMILES string of the molecule is Cn1ccc2c(-c3cc(F)c(NC(=O)N4C5CC[C@@H]4c4n[nH]c(=O)cc4C5)cc3Cl)ccnc21. The van der Waals surface area contributed by atoms with Crippen LogP contribution >= 0.6 is 11.6 Å². The minimum Gasteiger partial charge on any atom is -0.336 e. The molecule has 1 fully saturated rings. The molecule has 2 aliphatic heterocycles. The number of H-pyrrole nitrogens is 1. The van der Waals surface area contributed by atoms with Crippen LogP contribution in [0, 0.1) is 5.82 Å². The Hall–Kier alpha value is -3.72. The second kappa shape index (κ2) is 7.66. The van der Waals surface area contributed by atoms with Gasteiger partial charge in [0, 0.05) is 42.5 Å². The maximum Gasteiger partial charge on any atom is 0.322 e. The van der Waals surface area contributed by atoms with Crippen molar-refractivity contribution in [1.82, 2.24) is 24.6 Å². The van der Waals surface area contributed by atoms with E-state index in [1.807, 2.05) is 23.9 Å². The number of nitrogens with zero attached hydrogens (tertiary/aromatic N) is 4. The molecule has 172 valence electrons. The second-order valence-electron chi connectivity index (χ2n) is 8.77. The van der Waals surface area contributed by atoms with E-state index in [0.717, 1.165) is 35.0 Å². The third kappa shape index (κ3) is 3.19. The van der Waals surface area contributed by atoms with Gasteiger partial charge in [-0.3, -0.25) is 4.79 Å². The number of hydrogen-bond donors (Lipinski definition) is 2. The van der Waals surface area contributed by atoms with Gasteiger partial charge in [0.1, 0.15) is 11.5 Å². The Bertz CT molecular complexity index is 1530. The van der Waals surface area contributed by atoms with Gasteiger partial charge in [0.2, 0.25) is 0 Å². The summed E-state index contributed by atoms with van der Waals surface area (Å²) in [5.74, 6) is -0.583. The zero-order valence-corrected chi connectivity index (χ0v) is 18.9. The molecule has 2 bridgehead atoms. The van der Waals surface area contributed by atoms with Gasteiger partial charge >= 0.3 is 6.03 Å². The van der Waals surface area contributed by atoms with Crippen molar-refractivity contribution in [3.63, 3.8) is 0 Å². The van der Waals surface area contributed by atoms with E-state index in [1.165, 1.54) is 12.1 Å². The van der Waals surface area contributed by atoms with E-state index in [-0.39, 0.29) is 23.3 Å². The average Bonchev–Trinajstić information content (AvgIpc) is 3.35. The van der Waals surface area contributed by atoms with Crippen LogP contribution in [0.4, 0.5) is 14.9 Å². The van der Waals surface area contributed by atoms with E-state index in [1.54, 1.807) is 23.2 Å². The smallest absolute Gasteiger partial charge is 0.322 e. The summed E-state index contributed by atoms with van der Waals surface area (Å²) in [6, 6.07) is 7.29. The molecule has 3 aromatic heterocycles. The van der Waals surface area contributed by atoms with E-state index < -0.39 is 11.8 Å². The number of benzene rings is 1. The number of aromatic amines is 1. The number of carbonyl (C=O) groups excluding carboxylic acids is 1. The minimum absolute atomic E-state index is 0.0109. The van der Waals surface area contributed by atoms with Gasteiger partial charge in [-0.1, -0.05) is 11.6 Å². The molecular weight excluding hydrogens is 459 g/mol. The summed E-state index contributed by atoms with van der Waals surface area (Å²) in [6.07, 6.45) is 5.62. The summed E-state index contributed by atoms with van der Waals surface area (Å²) in [6.45, 7) is 0. The molecule has 1 unspecified atom stereocenters. The first-order chi connectivity index (χ1) is 16.4. The standard InChI is InChI=1S/C24H20ClFN6O2/c1-31-7-5-15-14(4-6-27-23(15)31)16-10-18(26)19(11-17(16)25)28-24(34)32-13-2-3-20(32)22-12(8-13)9-21(33)29-30-22/h4-7,9-11,13,20H,2-3,8H2,1H3,(H,28,34)(H,29,33)/t13?,20-/m1/s1. The van der Waals surface area contributed by atoms with Crippen molar-refractivity contribution in [2.75, 3.05) is 5.32 Å².